The molecule has 1 heterocycles. The number of carboxylic acids is 1. The largest absolute Gasteiger partial charge is 0.480 e. The van der Waals surface area contributed by atoms with Crippen LogP contribution in [0.15, 0.2) is 18.3 Å². The van der Waals surface area contributed by atoms with Crippen molar-refractivity contribution in [3.05, 3.63) is 24.0 Å². The molecule has 1 aromatic rings. The fraction of sp³-hybridized carbons (Fsp3) is 0.571. The normalized spacial score (nSPS) is 12.4. The number of carboxylic acid groups (broad SMARTS) is 1. The molecule has 1 aromatic heterocycles. The standard InChI is InChI=1S/C14H22N2O4/c1-10(2)9-11(14(18)19)15-13(17)12-5-4-6-16(12)7-8-20-3/h4-6,10-11H,7-9H2,1-3H3,(H,15,17)(H,18,19)/t11-/m1/s1. The van der Waals surface area contributed by atoms with E-state index in [2.05, 4.69) is 5.32 Å². The molecule has 0 aliphatic carbocycles. The summed E-state index contributed by atoms with van der Waals surface area (Å²) in [5, 5.41) is 11.7. The number of carbonyl (C=O) groups excluding carboxylic acids is 1. The highest BCUT2D eigenvalue weighted by atomic mass is 16.5. The lowest BCUT2D eigenvalue weighted by molar-refractivity contribution is -0.139. The Morgan fingerprint density at radius 2 is 2.15 bits per heavy atom. The van der Waals surface area contributed by atoms with E-state index in [1.54, 1.807) is 30.0 Å². The first-order valence-corrected chi connectivity index (χ1v) is 6.63. The van der Waals surface area contributed by atoms with Crippen molar-refractivity contribution in [1.29, 1.82) is 0 Å². The van der Waals surface area contributed by atoms with Crippen molar-refractivity contribution in [2.75, 3.05) is 13.7 Å². The predicted molar refractivity (Wildman–Crippen MR) is 74.7 cm³/mol. The Balaban J connectivity index is 2.73. The smallest absolute Gasteiger partial charge is 0.326 e. The molecule has 0 aliphatic rings. The third-order valence-corrected chi connectivity index (χ3v) is 2.91. The van der Waals surface area contributed by atoms with E-state index in [-0.39, 0.29) is 11.8 Å². The van der Waals surface area contributed by atoms with E-state index in [0.717, 1.165) is 0 Å². The van der Waals surface area contributed by atoms with Gasteiger partial charge in [-0.2, -0.15) is 0 Å². The predicted octanol–water partition coefficient (Wildman–Crippen LogP) is 1.36. The van der Waals surface area contributed by atoms with Crippen molar-refractivity contribution < 1.29 is 19.4 Å². The zero-order valence-electron chi connectivity index (χ0n) is 12.1. The molecular weight excluding hydrogens is 260 g/mol. The second kappa shape index (κ2) is 7.69. The van der Waals surface area contributed by atoms with E-state index in [9.17, 15) is 9.59 Å². The molecular formula is C14H22N2O4. The topological polar surface area (TPSA) is 80.6 Å². The van der Waals surface area contributed by atoms with Gasteiger partial charge in [0.05, 0.1) is 6.61 Å². The van der Waals surface area contributed by atoms with Gasteiger partial charge in [0.25, 0.3) is 5.91 Å². The van der Waals surface area contributed by atoms with Crippen LogP contribution in [-0.4, -0.2) is 41.3 Å². The zero-order valence-corrected chi connectivity index (χ0v) is 12.1. The van der Waals surface area contributed by atoms with Gasteiger partial charge in [-0.25, -0.2) is 4.79 Å². The van der Waals surface area contributed by atoms with Gasteiger partial charge in [0.2, 0.25) is 0 Å². The third-order valence-electron chi connectivity index (χ3n) is 2.91. The molecule has 0 radical (unpaired) electrons. The molecule has 0 spiro atoms. The van der Waals surface area contributed by atoms with Gasteiger partial charge in [0.1, 0.15) is 11.7 Å². The summed E-state index contributed by atoms with van der Waals surface area (Å²) in [5.41, 5.74) is 0.442. The number of nitrogens with one attached hydrogen (secondary N) is 1. The van der Waals surface area contributed by atoms with Crippen LogP contribution in [0.3, 0.4) is 0 Å². The third kappa shape index (κ3) is 4.70. The van der Waals surface area contributed by atoms with Gasteiger partial charge in [-0.15, -0.1) is 0 Å². The van der Waals surface area contributed by atoms with Crippen molar-refractivity contribution in [2.45, 2.75) is 32.9 Å². The number of hydrogen-bond donors (Lipinski definition) is 2. The molecule has 112 valence electrons. The molecule has 0 saturated carbocycles. The molecule has 1 amide bonds. The number of rotatable bonds is 8. The van der Waals surface area contributed by atoms with Crippen molar-refractivity contribution in [3.63, 3.8) is 0 Å². The molecule has 0 saturated heterocycles. The van der Waals surface area contributed by atoms with Crippen molar-refractivity contribution in [1.82, 2.24) is 9.88 Å². The first-order valence-electron chi connectivity index (χ1n) is 6.63. The fourth-order valence-electron chi connectivity index (χ4n) is 1.93. The lowest BCUT2D eigenvalue weighted by atomic mass is 10.0. The van der Waals surface area contributed by atoms with Crippen LogP contribution in [0.25, 0.3) is 0 Å². The number of aromatic nitrogens is 1. The van der Waals surface area contributed by atoms with Gasteiger partial charge in [-0.05, 0) is 24.5 Å². The molecule has 0 fully saturated rings. The maximum Gasteiger partial charge on any atom is 0.326 e. The second-order valence-corrected chi connectivity index (χ2v) is 5.07. The first-order chi connectivity index (χ1) is 9.45. The number of amides is 1. The highest BCUT2D eigenvalue weighted by Crippen LogP contribution is 2.08. The molecule has 6 nitrogen and oxygen atoms in total. The number of aliphatic carboxylic acids is 1. The number of hydrogen-bond acceptors (Lipinski definition) is 3. The van der Waals surface area contributed by atoms with E-state index >= 15 is 0 Å². The Bertz CT molecular complexity index is 454. The lowest BCUT2D eigenvalue weighted by Gasteiger charge is -2.17. The van der Waals surface area contributed by atoms with Gasteiger partial charge >= 0.3 is 5.97 Å². The van der Waals surface area contributed by atoms with Crippen molar-refractivity contribution in [2.24, 2.45) is 5.92 Å². The van der Waals surface area contributed by atoms with Crippen LogP contribution in [-0.2, 0) is 16.1 Å². The first kappa shape index (κ1) is 16.2. The Hall–Kier alpha value is -1.82. The average Bonchev–Trinajstić information content (AvgIpc) is 2.83. The Morgan fingerprint density at radius 1 is 1.45 bits per heavy atom. The minimum Gasteiger partial charge on any atom is -0.480 e. The minimum absolute atomic E-state index is 0.191. The van der Waals surface area contributed by atoms with E-state index in [0.29, 0.717) is 25.3 Å². The van der Waals surface area contributed by atoms with E-state index in [1.165, 1.54) is 0 Å². The Kier molecular flexibility index (Phi) is 6.24. The summed E-state index contributed by atoms with van der Waals surface area (Å²) in [7, 11) is 1.59. The van der Waals surface area contributed by atoms with Crippen molar-refractivity contribution in [3.8, 4) is 0 Å². The van der Waals surface area contributed by atoms with E-state index in [1.807, 2.05) is 13.8 Å². The van der Waals surface area contributed by atoms with Crippen LogP contribution in [0.2, 0.25) is 0 Å². The van der Waals surface area contributed by atoms with Crippen LogP contribution < -0.4 is 5.32 Å². The van der Waals surface area contributed by atoms with Gasteiger partial charge in [-0.1, -0.05) is 13.8 Å². The minimum atomic E-state index is -1.01. The molecule has 0 bridgehead atoms. The highest BCUT2D eigenvalue weighted by molar-refractivity contribution is 5.95. The number of nitrogens with zero attached hydrogens (tertiary/aromatic N) is 1. The van der Waals surface area contributed by atoms with Crippen LogP contribution >= 0.6 is 0 Å². The summed E-state index contributed by atoms with van der Waals surface area (Å²) < 4.78 is 6.72. The highest BCUT2D eigenvalue weighted by Gasteiger charge is 2.22. The quantitative estimate of drug-likeness (QED) is 0.754. The monoisotopic (exact) mass is 282 g/mol. The number of carbonyl (C=O) groups is 2. The molecule has 0 aliphatic heterocycles. The van der Waals surface area contributed by atoms with Crippen LogP contribution in [0.1, 0.15) is 30.8 Å². The van der Waals surface area contributed by atoms with Gasteiger partial charge in [0.15, 0.2) is 0 Å². The second-order valence-electron chi connectivity index (χ2n) is 5.07. The van der Waals surface area contributed by atoms with Crippen molar-refractivity contribution >= 4 is 11.9 Å². The summed E-state index contributed by atoms with van der Waals surface area (Å²) in [4.78, 5) is 23.3. The number of methoxy groups -OCH3 is 1. The van der Waals surface area contributed by atoms with Gasteiger partial charge in [0, 0.05) is 19.9 Å². The van der Waals surface area contributed by atoms with E-state index in [4.69, 9.17) is 9.84 Å². The summed E-state index contributed by atoms with van der Waals surface area (Å²) in [6.07, 6.45) is 2.17. The maximum absolute atomic E-state index is 12.2. The summed E-state index contributed by atoms with van der Waals surface area (Å²) >= 11 is 0. The molecule has 1 atom stereocenters. The van der Waals surface area contributed by atoms with Crippen LogP contribution in [0.5, 0.6) is 0 Å². The molecule has 6 heteroatoms. The lowest BCUT2D eigenvalue weighted by Crippen LogP contribution is -2.42. The average molecular weight is 282 g/mol. The molecule has 0 aromatic carbocycles. The van der Waals surface area contributed by atoms with Crippen LogP contribution in [0, 0.1) is 5.92 Å². The molecule has 2 N–H and O–H groups in total. The SMILES string of the molecule is COCCn1cccc1C(=O)N[C@H](CC(C)C)C(=O)O. The number of ether oxygens (including phenoxy) is 1. The van der Waals surface area contributed by atoms with Crippen LogP contribution in [0.4, 0.5) is 0 Å². The van der Waals surface area contributed by atoms with Gasteiger partial charge in [-0.3, -0.25) is 4.79 Å². The van der Waals surface area contributed by atoms with Gasteiger partial charge < -0.3 is 19.7 Å². The summed E-state index contributed by atoms with van der Waals surface area (Å²) in [5.74, 6) is -1.20. The Labute approximate surface area is 118 Å². The fourth-order valence-corrected chi connectivity index (χ4v) is 1.93. The summed E-state index contributed by atoms with van der Waals surface area (Å²) in [6, 6.07) is 2.55. The molecule has 0 unspecified atom stereocenters. The zero-order chi connectivity index (χ0) is 15.1. The summed E-state index contributed by atoms with van der Waals surface area (Å²) in [6.45, 7) is 4.88. The van der Waals surface area contributed by atoms with E-state index < -0.39 is 12.0 Å². The molecule has 1 rings (SSSR count). The molecule has 20 heavy (non-hydrogen) atoms. The Morgan fingerprint density at radius 3 is 2.70 bits per heavy atom. The maximum atomic E-state index is 12.2.